The van der Waals surface area contributed by atoms with Crippen LogP contribution in [-0.2, 0) is 0 Å². The fourth-order valence-corrected chi connectivity index (χ4v) is 0.872. The standard InChI is InChI=1S/C10H10O3/c1-2-5-13-9-3-4-10(12)8(6-9)7-11/h2-4,6-7,12H,1,5H2. The fourth-order valence-electron chi connectivity index (χ4n) is 0.872. The molecule has 13 heavy (non-hydrogen) atoms. The van der Waals surface area contributed by atoms with Crippen molar-refractivity contribution in [3.8, 4) is 11.5 Å². The topological polar surface area (TPSA) is 46.5 Å². The maximum Gasteiger partial charge on any atom is 0.153 e. The van der Waals surface area contributed by atoms with Crippen LogP contribution < -0.4 is 4.74 Å². The van der Waals surface area contributed by atoms with E-state index < -0.39 is 0 Å². The number of hydrogen-bond donors (Lipinski definition) is 1. The molecule has 0 aliphatic carbocycles. The van der Waals surface area contributed by atoms with Crippen molar-refractivity contribution in [1.82, 2.24) is 0 Å². The highest BCUT2D eigenvalue weighted by Gasteiger charge is 2.01. The van der Waals surface area contributed by atoms with E-state index in [4.69, 9.17) is 9.84 Å². The van der Waals surface area contributed by atoms with Crippen molar-refractivity contribution in [1.29, 1.82) is 0 Å². The Labute approximate surface area is 76.3 Å². The number of rotatable bonds is 4. The second-order valence-corrected chi connectivity index (χ2v) is 2.44. The molecule has 0 fully saturated rings. The largest absolute Gasteiger partial charge is 0.507 e. The molecule has 1 aromatic carbocycles. The molecule has 0 heterocycles. The smallest absolute Gasteiger partial charge is 0.153 e. The van der Waals surface area contributed by atoms with Crippen LogP contribution in [0.15, 0.2) is 30.9 Å². The second kappa shape index (κ2) is 4.30. The van der Waals surface area contributed by atoms with Crippen LogP contribution in [-0.4, -0.2) is 18.0 Å². The van der Waals surface area contributed by atoms with Crippen molar-refractivity contribution in [2.45, 2.75) is 0 Å². The highest BCUT2D eigenvalue weighted by atomic mass is 16.5. The summed E-state index contributed by atoms with van der Waals surface area (Å²) in [6, 6.07) is 4.49. The number of hydrogen-bond acceptors (Lipinski definition) is 3. The van der Waals surface area contributed by atoms with Crippen molar-refractivity contribution < 1.29 is 14.6 Å². The Morgan fingerprint density at radius 2 is 2.31 bits per heavy atom. The van der Waals surface area contributed by atoms with Gasteiger partial charge in [0.2, 0.25) is 0 Å². The summed E-state index contributed by atoms with van der Waals surface area (Å²) in [5.41, 5.74) is 0.224. The van der Waals surface area contributed by atoms with Gasteiger partial charge in [0.15, 0.2) is 6.29 Å². The zero-order valence-electron chi connectivity index (χ0n) is 7.06. The second-order valence-electron chi connectivity index (χ2n) is 2.44. The van der Waals surface area contributed by atoms with Gasteiger partial charge in [-0.3, -0.25) is 4.79 Å². The number of phenols is 1. The molecule has 0 atom stereocenters. The summed E-state index contributed by atoms with van der Waals surface area (Å²) >= 11 is 0. The third-order valence-corrected chi connectivity index (χ3v) is 1.49. The highest BCUT2D eigenvalue weighted by Crippen LogP contribution is 2.21. The third-order valence-electron chi connectivity index (χ3n) is 1.49. The summed E-state index contributed by atoms with van der Waals surface area (Å²) in [4.78, 5) is 10.4. The van der Waals surface area contributed by atoms with E-state index in [1.807, 2.05) is 0 Å². The minimum atomic E-state index is -0.0408. The molecule has 1 N–H and O–H groups in total. The van der Waals surface area contributed by atoms with Gasteiger partial charge in [-0.2, -0.15) is 0 Å². The lowest BCUT2D eigenvalue weighted by atomic mass is 10.2. The first kappa shape index (κ1) is 9.32. The molecule has 0 saturated carbocycles. The van der Waals surface area contributed by atoms with Gasteiger partial charge in [-0.25, -0.2) is 0 Å². The summed E-state index contributed by atoms with van der Waals surface area (Å²) in [5.74, 6) is 0.501. The number of ether oxygens (including phenoxy) is 1. The number of phenolic OH excluding ortho intramolecular Hbond substituents is 1. The number of carbonyl (C=O) groups excluding carboxylic acids is 1. The first-order chi connectivity index (χ1) is 6.27. The van der Waals surface area contributed by atoms with Gasteiger partial charge in [0.05, 0.1) is 5.56 Å². The minimum absolute atomic E-state index is 0.0408. The first-order valence-corrected chi connectivity index (χ1v) is 3.80. The predicted molar refractivity (Wildman–Crippen MR) is 49.2 cm³/mol. The molecule has 1 rings (SSSR count). The zero-order valence-corrected chi connectivity index (χ0v) is 7.06. The van der Waals surface area contributed by atoms with Crippen molar-refractivity contribution in [2.24, 2.45) is 0 Å². The molecule has 1 aromatic rings. The van der Waals surface area contributed by atoms with E-state index in [0.717, 1.165) is 0 Å². The molecule has 0 aliphatic rings. The Morgan fingerprint density at radius 1 is 1.54 bits per heavy atom. The van der Waals surface area contributed by atoms with Crippen LogP contribution in [0, 0.1) is 0 Å². The summed E-state index contributed by atoms with van der Waals surface area (Å²) in [6.45, 7) is 3.87. The van der Waals surface area contributed by atoms with Gasteiger partial charge in [0, 0.05) is 0 Å². The molecular weight excluding hydrogens is 168 g/mol. The lowest BCUT2D eigenvalue weighted by Crippen LogP contribution is -1.93. The number of aldehydes is 1. The molecular formula is C10H10O3. The van der Waals surface area contributed by atoms with Crippen molar-refractivity contribution in [3.05, 3.63) is 36.4 Å². The van der Waals surface area contributed by atoms with E-state index in [9.17, 15) is 4.79 Å². The maximum atomic E-state index is 10.4. The van der Waals surface area contributed by atoms with E-state index in [1.165, 1.54) is 12.1 Å². The molecule has 0 amide bonds. The minimum Gasteiger partial charge on any atom is -0.507 e. The number of aromatic hydroxyl groups is 1. The highest BCUT2D eigenvalue weighted by molar-refractivity contribution is 5.79. The Morgan fingerprint density at radius 3 is 2.92 bits per heavy atom. The Balaban J connectivity index is 2.85. The molecule has 0 radical (unpaired) electrons. The molecule has 3 nitrogen and oxygen atoms in total. The first-order valence-electron chi connectivity index (χ1n) is 3.80. The molecule has 3 heteroatoms. The molecule has 68 valence electrons. The lowest BCUT2D eigenvalue weighted by Gasteiger charge is -2.04. The maximum absolute atomic E-state index is 10.4. The lowest BCUT2D eigenvalue weighted by molar-refractivity contribution is 0.112. The van der Waals surface area contributed by atoms with E-state index >= 15 is 0 Å². The predicted octanol–water partition coefficient (Wildman–Crippen LogP) is 1.77. The van der Waals surface area contributed by atoms with Crippen molar-refractivity contribution in [2.75, 3.05) is 6.61 Å². The number of benzene rings is 1. The summed E-state index contributed by atoms with van der Waals surface area (Å²) in [7, 11) is 0. The van der Waals surface area contributed by atoms with Crippen LogP contribution in [0.4, 0.5) is 0 Å². The summed E-state index contributed by atoms with van der Waals surface area (Å²) in [6.07, 6.45) is 2.18. The normalized spacial score (nSPS) is 9.23. The van der Waals surface area contributed by atoms with Gasteiger partial charge < -0.3 is 9.84 Å². The quantitative estimate of drug-likeness (QED) is 0.564. The molecule has 0 saturated heterocycles. The van der Waals surface area contributed by atoms with Crippen molar-refractivity contribution >= 4 is 6.29 Å². The van der Waals surface area contributed by atoms with Gasteiger partial charge in [0.1, 0.15) is 18.1 Å². The SMILES string of the molecule is C=CCOc1ccc(O)c(C=O)c1. The van der Waals surface area contributed by atoms with E-state index in [-0.39, 0.29) is 11.3 Å². The molecule has 0 unspecified atom stereocenters. The molecule has 0 aromatic heterocycles. The van der Waals surface area contributed by atoms with Gasteiger partial charge in [-0.05, 0) is 18.2 Å². The van der Waals surface area contributed by atoms with E-state index in [1.54, 1.807) is 12.1 Å². The van der Waals surface area contributed by atoms with Crippen molar-refractivity contribution in [3.63, 3.8) is 0 Å². The Hall–Kier alpha value is -1.77. The monoisotopic (exact) mass is 178 g/mol. The molecule has 0 bridgehead atoms. The van der Waals surface area contributed by atoms with Gasteiger partial charge >= 0.3 is 0 Å². The van der Waals surface area contributed by atoms with Gasteiger partial charge in [-0.1, -0.05) is 12.7 Å². The average Bonchev–Trinajstić information content (AvgIpc) is 2.16. The average molecular weight is 178 g/mol. The van der Waals surface area contributed by atoms with Crippen LogP contribution in [0.2, 0.25) is 0 Å². The van der Waals surface area contributed by atoms with Crippen LogP contribution in [0.3, 0.4) is 0 Å². The van der Waals surface area contributed by atoms with E-state index in [0.29, 0.717) is 18.6 Å². The van der Waals surface area contributed by atoms with Crippen LogP contribution in [0.5, 0.6) is 11.5 Å². The van der Waals surface area contributed by atoms with Crippen LogP contribution in [0.1, 0.15) is 10.4 Å². The Bertz CT molecular complexity index is 318. The molecule has 0 aliphatic heterocycles. The third kappa shape index (κ3) is 2.33. The summed E-state index contributed by atoms with van der Waals surface area (Å²) < 4.78 is 5.16. The zero-order chi connectivity index (χ0) is 9.68. The number of carbonyl (C=O) groups is 1. The van der Waals surface area contributed by atoms with Gasteiger partial charge in [0.25, 0.3) is 0 Å². The van der Waals surface area contributed by atoms with Crippen LogP contribution in [0.25, 0.3) is 0 Å². The van der Waals surface area contributed by atoms with Crippen LogP contribution >= 0.6 is 0 Å². The fraction of sp³-hybridized carbons (Fsp3) is 0.100. The van der Waals surface area contributed by atoms with E-state index in [2.05, 4.69) is 6.58 Å². The summed E-state index contributed by atoms with van der Waals surface area (Å²) in [5, 5.41) is 9.15. The molecule has 0 spiro atoms. The van der Waals surface area contributed by atoms with Gasteiger partial charge in [-0.15, -0.1) is 0 Å². The Kier molecular flexibility index (Phi) is 3.09.